The van der Waals surface area contributed by atoms with Crippen LogP contribution in [-0.4, -0.2) is 34.5 Å². The first-order valence-corrected chi connectivity index (χ1v) is 8.05. The van der Waals surface area contributed by atoms with Crippen LogP contribution in [0.3, 0.4) is 0 Å². The molecule has 1 saturated carbocycles. The first kappa shape index (κ1) is 16.3. The summed E-state index contributed by atoms with van der Waals surface area (Å²) in [6.07, 6.45) is 5.13. The van der Waals surface area contributed by atoms with Crippen LogP contribution >= 0.6 is 0 Å². The summed E-state index contributed by atoms with van der Waals surface area (Å²) in [5, 5.41) is 0. The van der Waals surface area contributed by atoms with Gasteiger partial charge in [-0.15, -0.1) is 0 Å². The van der Waals surface area contributed by atoms with E-state index in [9.17, 15) is 9.59 Å². The van der Waals surface area contributed by atoms with Gasteiger partial charge < -0.3 is 9.64 Å². The van der Waals surface area contributed by atoms with Gasteiger partial charge >= 0.3 is 6.09 Å². The number of nitrogens with zero attached hydrogens (tertiary/aromatic N) is 1. The van der Waals surface area contributed by atoms with E-state index in [2.05, 4.69) is 13.8 Å². The molecule has 0 unspecified atom stereocenters. The van der Waals surface area contributed by atoms with Gasteiger partial charge in [0.2, 0.25) is 0 Å². The maximum atomic E-state index is 12.4. The number of hydrogen-bond donors (Lipinski definition) is 0. The van der Waals surface area contributed by atoms with Crippen LogP contribution in [0.2, 0.25) is 0 Å². The lowest BCUT2D eigenvalue weighted by molar-refractivity contribution is -0.124. The Balaban J connectivity index is 2.06. The number of amides is 1. The smallest absolute Gasteiger partial charge is 0.410 e. The van der Waals surface area contributed by atoms with E-state index >= 15 is 0 Å². The second kappa shape index (κ2) is 5.29. The number of rotatable bonds is 0. The minimum absolute atomic E-state index is 0.207. The fraction of sp³-hybridized carbons (Fsp3) is 0.882. The van der Waals surface area contributed by atoms with Gasteiger partial charge in [0.25, 0.3) is 0 Å². The highest BCUT2D eigenvalue weighted by Gasteiger charge is 2.47. The summed E-state index contributed by atoms with van der Waals surface area (Å²) in [6.45, 7) is 10.7. The molecule has 1 aliphatic carbocycles. The van der Waals surface area contributed by atoms with Gasteiger partial charge in [-0.1, -0.05) is 0 Å². The molecule has 0 aromatic carbocycles. The molecule has 1 saturated heterocycles. The molecule has 120 valence electrons. The van der Waals surface area contributed by atoms with Crippen molar-refractivity contribution < 1.29 is 14.3 Å². The first-order valence-electron chi connectivity index (χ1n) is 8.05. The van der Waals surface area contributed by atoms with Crippen LogP contribution in [0, 0.1) is 5.41 Å². The molecular weight excluding hydrogens is 266 g/mol. The van der Waals surface area contributed by atoms with Crippen molar-refractivity contribution in [3.63, 3.8) is 0 Å². The average molecular weight is 295 g/mol. The van der Waals surface area contributed by atoms with E-state index < -0.39 is 5.60 Å². The zero-order chi connectivity index (χ0) is 15.9. The van der Waals surface area contributed by atoms with E-state index in [0.717, 1.165) is 32.2 Å². The normalized spacial score (nSPS) is 25.0. The molecule has 2 rings (SSSR count). The molecule has 1 heterocycles. The number of carbonyl (C=O) groups excluding carboxylic acids is 2. The number of piperidine rings is 1. The average Bonchev–Trinajstić information content (AvgIpc) is 2.30. The SMILES string of the molecule is CC(C)(C)OC(=O)N1CCC2(CCC(=O)CC2)CC1(C)C. The first-order chi connectivity index (χ1) is 9.53. The van der Waals surface area contributed by atoms with Crippen molar-refractivity contribution in [2.24, 2.45) is 5.41 Å². The second-order valence-corrected chi connectivity index (χ2v) is 8.41. The fourth-order valence-corrected chi connectivity index (χ4v) is 3.89. The van der Waals surface area contributed by atoms with Crippen LogP contribution in [0.5, 0.6) is 0 Å². The lowest BCUT2D eigenvalue weighted by Crippen LogP contribution is -2.57. The lowest BCUT2D eigenvalue weighted by atomic mass is 9.63. The fourth-order valence-electron chi connectivity index (χ4n) is 3.89. The van der Waals surface area contributed by atoms with E-state index in [-0.39, 0.29) is 17.0 Å². The standard InChI is InChI=1S/C17H29NO3/c1-15(2,3)21-14(20)18-11-10-17(12-16(18,4)5)8-6-13(19)7-9-17/h6-12H2,1-5H3. The van der Waals surface area contributed by atoms with Crippen molar-refractivity contribution in [1.29, 1.82) is 0 Å². The highest BCUT2D eigenvalue weighted by molar-refractivity contribution is 5.79. The number of carbonyl (C=O) groups is 2. The zero-order valence-corrected chi connectivity index (χ0v) is 14.1. The van der Waals surface area contributed by atoms with Crippen LogP contribution < -0.4 is 0 Å². The summed E-state index contributed by atoms with van der Waals surface area (Å²) in [5.74, 6) is 0.396. The predicted molar refractivity (Wildman–Crippen MR) is 82.2 cm³/mol. The molecule has 1 amide bonds. The molecule has 1 spiro atoms. The third-order valence-electron chi connectivity index (χ3n) is 4.89. The minimum Gasteiger partial charge on any atom is -0.444 e. The van der Waals surface area contributed by atoms with Crippen molar-refractivity contribution in [1.82, 2.24) is 4.90 Å². The third kappa shape index (κ3) is 3.78. The minimum atomic E-state index is -0.459. The largest absolute Gasteiger partial charge is 0.444 e. The van der Waals surface area contributed by atoms with E-state index in [1.165, 1.54) is 0 Å². The highest BCUT2D eigenvalue weighted by Crippen LogP contribution is 2.49. The molecule has 0 bridgehead atoms. The van der Waals surface area contributed by atoms with Crippen LogP contribution in [0.25, 0.3) is 0 Å². The van der Waals surface area contributed by atoms with Crippen LogP contribution in [0.1, 0.15) is 73.1 Å². The van der Waals surface area contributed by atoms with Gasteiger partial charge in [-0.25, -0.2) is 4.79 Å². The molecule has 1 aliphatic heterocycles. The van der Waals surface area contributed by atoms with E-state index in [4.69, 9.17) is 4.74 Å². The number of likely N-dealkylation sites (tertiary alicyclic amines) is 1. The van der Waals surface area contributed by atoms with Crippen LogP contribution in [0.4, 0.5) is 4.79 Å². The molecule has 0 aromatic rings. The molecule has 0 atom stereocenters. The predicted octanol–water partition coefficient (Wildman–Crippen LogP) is 3.93. The van der Waals surface area contributed by atoms with Crippen molar-refractivity contribution in [2.45, 2.75) is 84.3 Å². The zero-order valence-electron chi connectivity index (χ0n) is 14.1. The summed E-state index contributed by atoms with van der Waals surface area (Å²) >= 11 is 0. The van der Waals surface area contributed by atoms with Crippen molar-refractivity contribution in [3.8, 4) is 0 Å². The molecule has 4 nitrogen and oxygen atoms in total. The summed E-state index contributed by atoms with van der Waals surface area (Å²) < 4.78 is 5.54. The quantitative estimate of drug-likeness (QED) is 0.680. The topological polar surface area (TPSA) is 46.6 Å². The Bertz CT molecular complexity index is 424. The highest BCUT2D eigenvalue weighted by atomic mass is 16.6. The van der Waals surface area contributed by atoms with E-state index in [1.807, 2.05) is 25.7 Å². The summed E-state index contributed by atoms with van der Waals surface area (Å²) in [5.41, 5.74) is -0.420. The number of ketones is 1. The van der Waals surface area contributed by atoms with Crippen molar-refractivity contribution in [2.75, 3.05) is 6.54 Å². The van der Waals surface area contributed by atoms with Gasteiger partial charge in [-0.05, 0) is 65.7 Å². The molecule has 0 N–H and O–H groups in total. The number of hydrogen-bond acceptors (Lipinski definition) is 3. The molecule has 2 aliphatic rings. The lowest BCUT2D eigenvalue weighted by Gasteiger charge is -2.52. The molecule has 0 radical (unpaired) electrons. The summed E-state index contributed by atoms with van der Waals surface area (Å²) in [7, 11) is 0. The van der Waals surface area contributed by atoms with Gasteiger partial charge in [0, 0.05) is 24.9 Å². The number of Topliss-reactive ketones (excluding diaryl/α,β-unsaturated/α-hetero) is 1. The van der Waals surface area contributed by atoms with E-state index in [1.54, 1.807) is 0 Å². The number of ether oxygens (including phenoxy) is 1. The van der Waals surface area contributed by atoms with Crippen molar-refractivity contribution >= 4 is 11.9 Å². The maximum Gasteiger partial charge on any atom is 0.410 e. The van der Waals surface area contributed by atoms with Crippen molar-refractivity contribution in [3.05, 3.63) is 0 Å². The van der Waals surface area contributed by atoms with Gasteiger partial charge in [0.1, 0.15) is 11.4 Å². The molecule has 21 heavy (non-hydrogen) atoms. The third-order valence-corrected chi connectivity index (χ3v) is 4.89. The summed E-state index contributed by atoms with van der Waals surface area (Å²) in [4.78, 5) is 25.8. The Morgan fingerprint density at radius 3 is 2.19 bits per heavy atom. The van der Waals surface area contributed by atoms with Gasteiger partial charge in [0.05, 0.1) is 0 Å². The van der Waals surface area contributed by atoms with Crippen LogP contribution in [-0.2, 0) is 9.53 Å². The molecule has 4 heteroatoms. The van der Waals surface area contributed by atoms with E-state index in [0.29, 0.717) is 18.6 Å². The Kier molecular flexibility index (Phi) is 4.11. The van der Waals surface area contributed by atoms with Gasteiger partial charge in [0.15, 0.2) is 0 Å². The Morgan fingerprint density at radius 1 is 1.14 bits per heavy atom. The van der Waals surface area contributed by atoms with Gasteiger partial charge in [-0.3, -0.25) is 4.79 Å². The monoisotopic (exact) mass is 295 g/mol. The molecule has 2 fully saturated rings. The second-order valence-electron chi connectivity index (χ2n) is 8.41. The Labute approximate surface area is 128 Å². The summed E-state index contributed by atoms with van der Waals surface area (Å²) in [6, 6.07) is 0. The maximum absolute atomic E-state index is 12.4. The van der Waals surface area contributed by atoms with Gasteiger partial charge in [-0.2, -0.15) is 0 Å². The molecular formula is C17H29NO3. The Morgan fingerprint density at radius 2 is 1.71 bits per heavy atom. The molecule has 0 aromatic heterocycles. The Hall–Kier alpha value is -1.06. The van der Waals surface area contributed by atoms with Crippen LogP contribution in [0.15, 0.2) is 0 Å².